The molecule has 10 heteroatoms. The lowest BCUT2D eigenvalue weighted by molar-refractivity contribution is 1.43. The zero-order valence-corrected chi connectivity index (χ0v) is 5.76. The zero-order chi connectivity index (χ0) is 7.82. The first-order chi connectivity index (χ1) is 4.85. The first-order valence-electron chi connectivity index (χ1n) is 1.97. The molecular weight excluding hydrogens is 154 g/mol. The van der Waals surface area contributed by atoms with E-state index in [0.29, 0.717) is 0 Å². The maximum Gasteiger partial charge on any atom is 0.335 e. The summed E-state index contributed by atoms with van der Waals surface area (Å²) in [6.07, 6.45) is 0. The molecule has 0 rings (SSSR count). The van der Waals surface area contributed by atoms with Crippen molar-refractivity contribution in [1.29, 1.82) is 0 Å². The molecule has 0 saturated heterocycles. The Morgan fingerprint density at radius 3 is 1.30 bits per heavy atom. The van der Waals surface area contributed by atoms with Crippen molar-refractivity contribution in [2.24, 2.45) is 14.3 Å². The summed E-state index contributed by atoms with van der Waals surface area (Å²) < 4.78 is 8.95. The average molecular weight is 155 g/mol. The molecular formula is HN9Si. The maximum atomic E-state index is 7.82. The smallest absolute Gasteiger partial charge is 0.114 e. The van der Waals surface area contributed by atoms with E-state index in [1.165, 1.54) is 0 Å². The highest BCUT2D eigenvalue weighted by Crippen LogP contribution is 1.90. The molecule has 0 spiro atoms. The Kier molecular flexibility index (Phi) is 4.31. The Hall–Kier alpha value is -1.85. The number of azide groups is 1. The molecule has 0 aromatic heterocycles. The van der Waals surface area contributed by atoms with Crippen molar-refractivity contribution in [2.45, 2.75) is 0 Å². The first kappa shape index (κ1) is 8.15. The van der Waals surface area contributed by atoms with E-state index in [1.807, 2.05) is 0 Å². The van der Waals surface area contributed by atoms with Crippen LogP contribution < -0.4 is 0 Å². The summed E-state index contributed by atoms with van der Waals surface area (Å²) in [7, 11) is -2.61. The summed E-state index contributed by atoms with van der Waals surface area (Å²) in [5.74, 6) is 0. The van der Waals surface area contributed by atoms with Gasteiger partial charge >= 0.3 is 9.28 Å². The number of nitrogens with zero attached hydrogens (tertiary/aromatic N) is 9. The van der Waals surface area contributed by atoms with E-state index >= 15 is 0 Å². The lowest BCUT2D eigenvalue weighted by Gasteiger charge is -1.82. The van der Waals surface area contributed by atoms with Crippen LogP contribution in [0.15, 0.2) is 14.3 Å². The highest BCUT2D eigenvalue weighted by Gasteiger charge is 1.99. The van der Waals surface area contributed by atoms with E-state index in [1.54, 1.807) is 0 Å². The molecule has 0 amide bonds. The van der Waals surface area contributed by atoms with Crippen LogP contribution in [0.2, 0.25) is 0 Å². The lowest BCUT2D eigenvalue weighted by Crippen LogP contribution is -1.96. The van der Waals surface area contributed by atoms with Gasteiger partial charge in [0.25, 0.3) is 0 Å². The van der Waals surface area contributed by atoms with Gasteiger partial charge < -0.3 is 0 Å². The summed E-state index contributed by atoms with van der Waals surface area (Å²) in [5, 5.41) is 0. The SMILES string of the molecule is [N-]=[N+]=N[SiH](N=[N+]=[N-])N=[N+]=[N-]. The molecule has 0 atom stereocenters. The maximum absolute atomic E-state index is 7.82. The molecule has 9 nitrogen and oxygen atoms in total. The quantitative estimate of drug-likeness (QED) is 0.252. The van der Waals surface area contributed by atoms with E-state index in [0.717, 1.165) is 0 Å². The Labute approximate surface area is 56.0 Å². The highest BCUT2D eigenvalue weighted by molar-refractivity contribution is 6.52. The average Bonchev–Trinajstić information content (AvgIpc) is 1.90. The van der Waals surface area contributed by atoms with Crippen molar-refractivity contribution in [2.75, 3.05) is 0 Å². The predicted octanol–water partition coefficient (Wildman–Crippen LogP) is 1.63. The lowest BCUT2D eigenvalue weighted by atomic mass is 13.0. The molecule has 0 bridgehead atoms. The van der Waals surface area contributed by atoms with Gasteiger partial charge in [0.05, 0.1) is 0 Å². The van der Waals surface area contributed by atoms with Gasteiger partial charge in [-0.15, -0.1) is 14.3 Å². The van der Waals surface area contributed by atoms with E-state index < -0.39 is 9.28 Å². The summed E-state index contributed by atoms with van der Waals surface area (Å²) in [6, 6.07) is 0. The minimum atomic E-state index is -2.61. The standard InChI is InChI=1S/HN9Si/c1-4-7-10(8-5-2)9-6-3/h10H. The van der Waals surface area contributed by atoms with E-state index in [2.05, 4.69) is 29.1 Å². The van der Waals surface area contributed by atoms with Crippen molar-refractivity contribution in [3.63, 3.8) is 0 Å². The van der Waals surface area contributed by atoms with E-state index in [9.17, 15) is 0 Å². The van der Waals surface area contributed by atoms with E-state index in [4.69, 9.17) is 16.6 Å². The fraction of sp³-hybridized carbons (Fsp3) is 0. The van der Waals surface area contributed by atoms with Crippen LogP contribution in [0.25, 0.3) is 31.3 Å². The monoisotopic (exact) mass is 155 g/mol. The van der Waals surface area contributed by atoms with Gasteiger partial charge in [-0.1, -0.05) is 0 Å². The molecule has 0 aliphatic carbocycles. The molecule has 0 heterocycles. The van der Waals surface area contributed by atoms with Gasteiger partial charge in [-0.3, -0.25) is 0 Å². The summed E-state index contributed by atoms with van der Waals surface area (Å²) in [4.78, 5) is 6.99. The molecule has 0 unspecified atom stereocenters. The van der Waals surface area contributed by atoms with Crippen molar-refractivity contribution < 1.29 is 0 Å². The fourth-order valence-corrected chi connectivity index (χ4v) is 0.624. The van der Waals surface area contributed by atoms with Crippen molar-refractivity contribution in [1.82, 2.24) is 0 Å². The third-order valence-electron chi connectivity index (χ3n) is 0.465. The second-order valence-corrected chi connectivity index (χ2v) is 2.35. The zero-order valence-electron chi connectivity index (χ0n) is 4.60. The Balaban J connectivity index is 4.39. The second-order valence-electron chi connectivity index (χ2n) is 0.961. The molecule has 0 fully saturated rings. The van der Waals surface area contributed by atoms with Crippen LogP contribution >= 0.6 is 0 Å². The van der Waals surface area contributed by atoms with Crippen LogP contribution in [0.4, 0.5) is 0 Å². The van der Waals surface area contributed by atoms with E-state index in [-0.39, 0.29) is 0 Å². The summed E-state index contributed by atoms with van der Waals surface area (Å²) in [6.45, 7) is 0. The second kappa shape index (κ2) is 5.29. The Morgan fingerprint density at radius 1 is 0.800 bits per heavy atom. The third kappa shape index (κ3) is 3.19. The van der Waals surface area contributed by atoms with Gasteiger partial charge in [0.2, 0.25) is 0 Å². The first-order valence-corrected chi connectivity index (χ1v) is 3.52. The van der Waals surface area contributed by atoms with Crippen molar-refractivity contribution >= 4 is 9.28 Å². The third-order valence-corrected chi connectivity index (χ3v) is 1.39. The van der Waals surface area contributed by atoms with Gasteiger partial charge in [0.15, 0.2) is 0 Å². The minimum Gasteiger partial charge on any atom is -0.114 e. The molecule has 0 aliphatic rings. The largest absolute Gasteiger partial charge is 0.335 e. The molecule has 0 radical (unpaired) electrons. The Bertz CT molecular complexity index is 189. The topological polar surface area (TPSA) is 146 Å². The van der Waals surface area contributed by atoms with Gasteiger partial charge in [0.1, 0.15) is 0 Å². The predicted molar refractivity (Wildman–Crippen MR) is 34.6 cm³/mol. The molecule has 50 valence electrons. The van der Waals surface area contributed by atoms with Crippen molar-refractivity contribution in [3.05, 3.63) is 31.3 Å². The molecule has 0 aliphatic heterocycles. The molecule has 0 aromatic rings. The molecule has 0 aromatic carbocycles. The van der Waals surface area contributed by atoms with Gasteiger partial charge in [-0.05, 0) is 31.3 Å². The van der Waals surface area contributed by atoms with Gasteiger partial charge in [0, 0.05) is 0 Å². The normalized spacial score (nSPS) is 9.60. The molecule has 10 heavy (non-hydrogen) atoms. The number of rotatable bonds is 3. The van der Waals surface area contributed by atoms with Crippen molar-refractivity contribution in [3.8, 4) is 0 Å². The van der Waals surface area contributed by atoms with Crippen LogP contribution in [0.3, 0.4) is 0 Å². The molecule has 0 N–H and O–H groups in total. The summed E-state index contributed by atoms with van der Waals surface area (Å²) in [5.41, 5.74) is 23.4. The van der Waals surface area contributed by atoms with Crippen LogP contribution in [0.5, 0.6) is 0 Å². The summed E-state index contributed by atoms with van der Waals surface area (Å²) >= 11 is 0. The van der Waals surface area contributed by atoms with Crippen LogP contribution in [0.1, 0.15) is 0 Å². The Morgan fingerprint density at radius 2 is 1.10 bits per heavy atom. The highest BCUT2D eigenvalue weighted by atomic mass is 28.3. The van der Waals surface area contributed by atoms with Gasteiger partial charge in [-0.25, -0.2) is 0 Å². The van der Waals surface area contributed by atoms with Crippen LogP contribution in [0, 0.1) is 0 Å². The van der Waals surface area contributed by atoms with Crippen LogP contribution in [-0.4, -0.2) is 9.28 Å². The fourth-order valence-electron chi connectivity index (χ4n) is 0.208. The minimum absolute atomic E-state index is 2.33. The van der Waals surface area contributed by atoms with Crippen LogP contribution in [-0.2, 0) is 0 Å². The van der Waals surface area contributed by atoms with Gasteiger partial charge in [-0.2, -0.15) is 0 Å². The molecule has 0 saturated carbocycles. The number of hydrogen-bond donors (Lipinski definition) is 0. The number of hydrogen-bond acceptors (Lipinski definition) is 3.